The monoisotopic (exact) mass is 415 g/mol. The first-order valence-electron chi connectivity index (χ1n) is 7.97. The molecule has 1 aromatic heterocycles. The summed E-state index contributed by atoms with van der Waals surface area (Å²) in [4.78, 5) is 25.3. The summed E-state index contributed by atoms with van der Waals surface area (Å²) < 4.78 is 0. The lowest BCUT2D eigenvalue weighted by atomic mass is 10.2. The van der Waals surface area contributed by atoms with E-state index in [2.05, 4.69) is 5.32 Å². The number of amides is 1. The van der Waals surface area contributed by atoms with Gasteiger partial charge in [-0.1, -0.05) is 29.8 Å². The predicted molar refractivity (Wildman–Crippen MR) is 108 cm³/mol. The zero-order valence-corrected chi connectivity index (χ0v) is 15.8. The first-order chi connectivity index (χ1) is 13.3. The molecule has 0 aliphatic heterocycles. The molecule has 4 N–H and O–H groups in total. The molecule has 0 atom stereocenters. The van der Waals surface area contributed by atoms with Gasteiger partial charge in [-0.2, -0.15) is 0 Å². The SMILES string of the molecule is O=C(O)/C(=C\c1ccc(-c2ccccc2Cl)s1)NC(=O)c1cc(O)cc(O)c1. The predicted octanol–water partition coefficient (Wildman–Crippen LogP) is 4.34. The highest BCUT2D eigenvalue weighted by molar-refractivity contribution is 7.16. The molecule has 1 heterocycles. The molecular weight excluding hydrogens is 402 g/mol. The number of carbonyl (C=O) groups excluding carboxylic acids is 1. The Morgan fingerprint density at radius 3 is 2.32 bits per heavy atom. The molecular formula is C20H14ClNO5S. The van der Waals surface area contributed by atoms with Gasteiger partial charge in [0.1, 0.15) is 17.2 Å². The Kier molecular flexibility index (Phi) is 5.67. The van der Waals surface area contributed by atoms with E-state index >= 15 is 0 Å². The van der Waals surface area contributed by atoms with E-state index < -0.39 is 11.9 Å². The molecule has 3 aromatic rings. The fourth-order valence-electron chi connectivity index (χ4n) is 2.45. The van der Waals surface area contributed by atoms with Gasteiger partial charge >= 0.3 is 5.97 Å². The van der Waals surface area contributed by atoms with Gasteiger partial charge in [-0.3, -0.25) is 4.79 Å². The van der Waals surface area contributed by atoms with Crippen molar-refractivity contribution in [3.05, 3.63) is 75.8 Å². The number of thiophene rings is 1. The van der Waals surface area contributed by atoms with Crippen LogP contribution < -0.4 is 5.32 Å². The molecule has 28 heavy (non-hydrogen) atoms. The summed E-state index contributed by atoms with van der Waals surface area (Å²) in [6, 6.07) is 14.1. The van der Waals surface area contributed by atoms with E-state index in [1.807, 2.05) is 24.3 Å². The minimum Gasteiger partial charge on any atom is -0.508 e. The molecule has 0 radical (unpaired) electrons. The molecule has 0 fully saturated rings. The summed E-state index contributed by atoms with van der Waals surface area (Å²) in [6.07, 6.45) is 1.33. The van der Waals surface area contributed by atoms with Crippen molar-refractivity contribution >= 4 is 40.9 Å². The van der Waals surface area contributed by atoms with Crippen LogP contribution in [0.4, 0.5) is 0 Å². The Hall–Kier alpha value is -3.29. The number of carboxylic acid groups (broad SMARTS) is 1. The van der Waals surface area contributed by atoms with E-state index in [1.165, 1.54) is 17.4 Å². The number of hydrogen-bond acceptors (Lipinski definition) is 5. The molecule has 8 heteroatoms. The molecule has 0 saturated heterocycles. The van der Waals surface area contributed by atoms with Crippen LogP contribution >= 0.6 is 22.9 Å². The average Bonchev–Trinajstić information content (AvgIpc) is 3.09. The zero-order valence-electron chi connectivity index (χ0n) is 14.2. The van der Waals surface area contributed by atoms with Gasteiger partial charge in [0.2, 0.25) is 0 Å². The second-order valence-corrected chi connectivity index (χ2v) is 7.26. The van der Waals surface area contributed by atoms with Crippen LogP contribution in [0.1, 0.15) is 15.2 Å². The number of aromatic hydroxyl groups is 2. The third-order valence-electron chi connectivity index (χ3n) is 3.70. The van der Waals surface area contributed by atoms with E-state index in [0.29, 0.717) is 9.90 Å². The number of hydrogen-bond donors (Lipinski definition) is 4. The number of benzene rings is 2. The van der Waals surface area contributed by atoms with E-state index in [1.54, 1.807) is 12.1 Å². The number of halogens is 1. The third kappa shape index (κ3) is 4.51. The zero-order chi connectivity index (χ0) is 20.3. The van der Waals surface area contributed by atoms with Crippen molar-refractivity contribution in [1.29, 1.82) is 0 Å². The molecule has 0 bridgehead atoms. The van der Waals surface area contributed by atoms with Crippen LogP contribution in [0.25, 0.3) is 16.5 Å². The minimum absolute atomic E-state index is 0.0763. The number of carboxylic acids is 1. The first kappa shape index (κ1) is 19.5. The second kappa shape index (κ2) is 8.16. The third-order valence-corrected chi connectivity index (χ3v) is 5.09. The molecule has 0 aliphatic rings. The Morgan fingerprint density at radius 2 is 1.68 bits per heavy atom. The van der Waals surface area contributed by atoms with Crippen LogP contribution in [0, 0.1) is 0 Å². The number of aliphatic carboxylic acids is 1. The normalized spacial score (nSPS) is 11.2. The van der Waals surface area contributed by atoms with Gasteiger partial charge in [0.05, 0.1) is 0 Å². The van der Waals surface area contributed by atoms with Crippen LogP contribution in [0.2, 0.25) is 5.02 Å². The quantitative estimate of drug-likeness (QED) is 0.464. The van der Waals surface area contributed by atoms with Crippen molar-refractivity contribution < 1.29 is 24.9 Å². The van der Waals surface area contributed by atoms with Crippen molar-refractivity contribution in [2.75, 3.05) is 0 Å². The van der Waals surface area contributed by atoms with Crippen molar-refractivity contribution in [2.24, 2.45) is 0 Å². The summed E-state index contributed by atoms with van der Waals surface area (Å²) in [5.41, 5.74) is 0.401. The summed E-state index contributed by atoms with van der Waals surface area (Å²) in [7, 11) is 0. The topological polar surface area (TPSA) is 107 Å². The molecule has 0 aliphatic carbocycles. The molecule has 0 spiro atoms. The Balaban J connectivity index is 1.86. The van der Waals surface area contributed by atoms with Crippen molar-refractivity contribution in [1.82, 2.24) is 5.32 Å². The minimum atomic E-state index is -1.33. The lowest BCUT2D eigenvalue weighted by Gasteiger charge is -2.07. The Labute approximate surface area is 169 Å². The summed E-state index contributed by atoms with van der Waals surface area (Å²) in [5.74, 6) is -2.73. The maximum atomic E-state index is 12.3. The van der Waals surface area contributed by atoms with Gasteiger partial charge in [0.25, 0.3) is 5.91 Å². The molecule has 6 nitrogen and oxygen atoms in total. The van der Waals surface area contributed by atoms with Crippen LogP contribution in [0.3, 0.4) is 0 Å². The van der Waals surface area contributed by atoms with Gasteiger partial charge in [0, 0.05) is 32.0 Å². The summed E-state index contributed by atoms with van der Waals surface area (Å²) in [5, 5.41) is 31.2. The van der Waals surface area contributed by atoms with Crippen molar-refractivity contribution in [2.45, 2.75) is 0 Å². The molecule has 3 rings (SSSR count). The fourth-order valence-corrected chi connectivity index (χ4v) is 3.73. The van der Waals surface area contributed by atoms with Gasteiger partial charge in [-0.25, -0.2) is 4.79 Å². The number of rotatable bonds is 5. The average molecular weight is 416 g/mol. The van der Waals surface area contributed by atoms with Crippen molar-refractivity contribution in [3.63, 3.8) is 0 Å². The van der Waals surface area contributed by atoms with Gasteiger partial charge in [0.15, 0.2) is 0 Å². The summed E-state index contributed by atoms with van der Waals surface area (Å²) >= 11 is 7.50. The number of phenolic OH excluding ortho intramolecular Hbond substituents is 2. The molecule has 0 unspecified atom stereocenters. The first-order valence-corrected chi connectivity index (χ1v) is 9.17. The van der Waals surface area contributed by atoms with Crippen molar-refractivity contribution in [3.8, 4) is 21.9 Å². The highest BCUT2D eigenvalue weighted by Crippen LogP contribution is 2.34. The Morgan fingerprint density at radius 1 is 1.00 bits per heavy atom. The van der Waals surface area contributed by atoms with Crippen LogP contribution in [0.5, 0.6) is 11.5 Å². The van der Waals surface area contributed by atoms with Gasteiger partial charge in [-0.15, -0.1) is 11.3 Å². The van der Waals surface area contributed by atoms with Crippen LogP contribution in [-0.2, 0) is 4.79 Å². The molecule has 142 valence electrons. The highest BCUT2D eigenvalue weighted by Gasteiger charge is 2.16. The van der Waals surface area contributed by atoms with Gasteiger partial charge in [-0.05, 0) is 36.4 Å². The molecule has 2 aromatic carbocycles. The van der Waals surface area contributed by atoms with E-state index in [9.17, 15) is 24.9 Å². The fraction of sp³-hybridized carbons (Fsp3) is 0. The lowest BCUT2D eigenvalue weighted by Crippen LogP contribution is -2.27. The largest absolute Gasteiger partial charge is 0.508 e. The maximum Gasteiger partial charge on any atom is 0.352 e. The standard InChI is InChI=1S/C20H14ClNO5S/c21-16-4-2-1-3-15(16)18-6-5-14(28-18)10-17(20(26)27)22-19(25)11-7-12(23)9-13(24)8-11/h1-10,23-24H,(H,22,25)(H,26,27)/b17-10+. The van der Waals surface area contributed by atoms with Crippen LogP contribution in [0.15, 0.2) is 60.3 Å². The van der Waals surface area contributed by atoms with E-state index in [4.69, 9.17) is 11.6 Å². The molecule has 1 amide bonds. The van der Waals surface area contributed by atoms with E-state index in [-0.39, 0.29) is 22.8 Å². The van der Waals surface area contributed by atoms with E-state index in [0.717, 1.165) is 28.6 Å². The number of carbonyl (C=O) groups is 2. The smallest absolute Gasteiger partial charge is 0.352 e. The number of nitrogens with one attached hydrogen (secondary N) is 1. The molecule has 0 saturated carbocycles. The highest BCUT2D eigenvalue weighted by atomic mass is 35.5. The second-order valence-electron chi connectivity index (χ2n) is 5.74. The summed E-state index contributed by atoms with van der Waals surface area (Å²) in [6.45, 7) is 0. The lowest BCUT2D eigenvalue weighted by molar-refractivity contribution is -0.132. The van der Waals surface area contributed by atoms with Gasteiger partial charge < -0.3 is 20.6 Å². The maximum absolute atomic E-state index is 12.3. The van der Waals surface area contributed by atoms with Crippen LogP contribution in [-0.4, -0.2) is 27.2 Å². The Bertz CT molecular complexity index is 1070. The number of phenols is 2.